The molecule has 0 bridgehead atoms. The van der Waals surface area contributed by atoms with Crippen molar-refractivity contribution in [3.8, 4) is 5.88 Å². The summed E-state index contributed by atoms with van der Waals surface area (Å²) in [5.41, 5.74) is 6.75. The van der Waals surface area contributed by atoms with E-state index in [1.165, 1.54) is 12.8 Å². The maximum Gasteiger partial charge on any atom is 0.213 e. The van der Waals surface area contributed by atoms with Crippen LogP contribution in [-0.4, -0.2) is 24.1 Å². The first-order valence-corrected chi connectivity index (χ1v) is 6.89. The fraction of sp³-hybridized carbons (Fsp3) is 0.571. The highest BCUT2D eigenvalue weighted by atomic mass is 16.5. The van der Waals surface area contributed by atoms with E-state index in [0.717, 1.165) is 31.1 Å². The van der Waals surface area contributed by atoms with Crippen LogP contribution in [0.2, 0.25) is 0 Å². The van der Waals surface area contributed by atoms with Gasteiger partial charge in [0.05, 0.1) is 13.2 Å². The molecule has 0 amide bonds. The van der Waals surface area contributed by atoms with E-state index in [-0.39, 0.29) is 0 Å². The number of hydrogen-bond acceptors (Lipinski definition) is 3. The third-order valence-electron chi connectivity index (χ3n) is 2.95. The van der Waals surface area contributed by atoms with E-state index in [0.29, 0.717) is 18.4 Å². The quantitative estimate of drug-likeness (QED) is 0.579. The van der Waals surface area contributed by atoms with Gasteiger partial charge < -0.3 is 15.8 Å². The van der Waals surface area contributed by atoms with E-state index in [1.807, 2.05) is 12.1 Å². The minimum atomic E-state index is 0.482. The summed E-state index contributed by atoms with van der Waals surface area (Å²) in [7, 11) is 0. The van der Waals surface area contributed by atoms with Crippen LogP contribution >= 0.6 is 0 Å². The predicted molar refractivity (Wildman–Crippen MR) is 76.1 cm³/mol. The summed E-state index contributed by atoms with van der Waals surface area (Å²) in [6.45, 7) is 4.27. The Kier molecular flexibility index (Phi) is 5.01. The average molecular weight is 262 g/mol. The molecule has 2 rings (SSSR count). The number of aliphatic imine (C=N–C) groups is 1. The summed E-state index contributed by atoms with van der Waals surface area (Å²) in [6.07, 6.45) is 5.40. The monoisotopic (exact) mass is 262 g/mol. The fourth-order valence-electron chi connectivity index (χ4n) is 1.56. The van der Waals surface area contributed by atoms with Gasteiger partial charge in [-0.1, -0.05) is 13.0 Å². The molecule has 5 nitrogen and oxygen atoms in total. The number of guanidine groups is 1. The zero-order chi connectivity index (χ0) is 13.5. The lowest BCUT2D eigenvalue weighted by Gasteiger charge is -2.05. The summed E-state index contributed by atoms with van der Waals surface area (Å²) in [5, 5.41) is 3.04. The lowest BCUT2D eigenvalue weighted by molar-refractivity contribution is 0.288. The Hall–Kier alpha value is -1.78. The number of pyridine rings is 1. The van der Waals surface area contributed by atoms with Gasteiger partial charge in [0.25, 0.3) is 0 Å². The first kappa shape index (κ1) is 13.6. The first-order chi connectivity index (χ1) is 9.28. The van der Waals surface area contributed by atoms with Crippen LogP contribution in [0.15, 0.2) is 23.3 Å². The van der Waals surface area contributed by atoms with Gasteiger partial charge in [-0.3, -0.25) is 0 Å². The Morgan fingerprint density at radius 2 is 2.37 bits per heavy atom. The minimum absolute atomic E-state index is 0.482. The van der Waals surface area contributed by atoms with Crippen molar-refractivity contribution in [2.24, 2.45) is 16.6 Å². The molecule has 1 saturated carbocycles. The molecule has 104 valence electrons. The highest BCUT2D eigenvalue weighted by Gasteiger charge is 2.21. The van der Waals surface area contributed by atoms with Crippen molar-refractivity contribution in [3.63, 3.8) is 0 Å². The van der Waals surface area contributed by atoms with Crippen LogP contribution in [0.25, 0.3) is 0 Å². The number of nitrogens with two attached hydrogens (primary N) is 1. The molecule has 5 heteroatoms. The van der Waals surface area contributed by atoms with Gasteiger partial charge in [-0.2, -0.15) is 0 Å². The lowest BCUT2D eigenvalue weighted by atomic mass is 10.3. The van der Waals surface area contributed by atoms with Crippen LogP contribution < -0.4 is 15.8 Å². The molecule has 0 aliphatic heterocycles. The van der Waals surface area contributed by atoms with E-state index in [2.05, 4.69) is 22.2 Å². The van der Waals surface area contributed by atoms with Crippen LogP contribution in [0.1, 0.15) is 31.7 Å². The first-order valence-electron chi connectivity index (χ1n) is 6.89. The Labute approximate surface area is 114 Å². The normalized spacial score (nSPS) is 15.3. The minimum Gasteiger partial charge on any atom is -0.477 e. The van der Waals surface area contributed by atoms with Gasteiger partial charge in [-0.25, -0.2) is 9.98 Å². The van der Waals surface area contributed by atoms with Crippen molar-refractivity contribution in [3.05, 3.63) is 23.9 Å². The Morgan fingerprint density at radius 3 is 3.00 bits per heavy atom. The van der Waals surface area contributed by atoms with Crippen LogP contribution in [0.4, 0.5) is 0 Å². The van der Waals surface area contributed by atoms with Gasteiger partial charge in [0.15, 0.2) is 5.96 Å². The summed E-state index contributed by atoms with van der Waals surface area (Å²) in [6, 6.07) is 3.87. The molecule has 0 radical (unpaired) electrons. The van der Waals surface area contributed by atoms with Gasteiger partial charge in [-0.05, 0) is 30.7 Å². The Balaban J connectivity index is 1.77. The third-order valence-corrected chi connectivity index (χ3v) is 2.95. The summed E-state index contributed by atoms with van der Waals surface area (Å²) >= 11 is 0. The number of ether oxygens (including phenoxy) is 1. The van der Waals surface area contributed by atoms with Gasteiger partial charge >= 0.3 is 0 Å². The van der Waals surface area contributed by atoms with E-state index in [9.17, 15) is 0 Å². The van der Waals surface area contributed by atoms with Crippen LogP contribution in [-0.2, 0) is 6.54 Å². The Morgan fingerprint density at radius 1 is 1.53 bits per heavy atom. The van der Waals surface area contributed by atoms with Crippen molar-refractivity contribution >= 4 is 5.96 Å². The number of nitrogens with zero attached hydrogens (tertiary/aromatic N) is 2. The second kappa shape index (κ2) is 6.97. The van der Waals surface area contributed by atoms with Crippen LogP contribution in [0, 0.1) is 5.92 Å². The van der Waals surface area contributed by atoms with E-state index < -0.39 is 0 Å². The van der Waals surface area contributed by atoms with Crippen molar-refractivity contribution in [2.45, 2.75) is 32.7 Å². The zero-order valence-electron chi connectivity index (χ0n) is 11.4. The highest BCUT2D eigenvalue weighted by Crippen LogP contribution is 2.29. The standard InChI is InChI=1S/C14H22N4O/c1-2-7-16-14(15)18-9-12-5-6-13(17-8-12)19-10-11-3-4-11/h5-6,8,11H,2-4,7,9-10H2,1H3,(H3,15,16,18). The molecule has 3 N–H and O–H groups in total. The van der Waals surface area contributed by atoms with Gasteiger partial charge in [0, 0.05) is 18.8 Å². The zero-order valence-corrected chi connectivity index (χ0v) is 11.4. The number of aromatic nitrogens is 1. The third kappa shape index (κ3) is 5.16. The molecule has 0 saturated heterocycles. The van der Waals surface area contributed by atoms with Crippen LogP contribution in [0.5, 0.6) is 5.88 Å². The topological polar surface area (TPSA) is 72.5 Å². The second-order valence-corrected chi connectivity index (χ2v) is 4.89. The SMILES string of the molecule is CCCNC(N)=NCc1ccc(OCC2CC2)nc1. The molecule has 1 aliphatic carbocycles. The fourth-order valence-corrected chi connectivity index (χ4v) is 1.56. The number of nitrogens with one attached hydrogen (secondary N) is 1. The molecule has 1 aliphatic rings. The largest absolute Gasteiger partial charge is 0.477 e. The molecule has 0 unspecified atom stereocenters. The molecule has 0 spiro atoms. The summed E-state index contributed by atoms with van der Waals surface area (Å²) in [5.74, 6) is 1.92. The molecule has 1 aromatic rings. The molecule has 19 heavy (non-hydrogen) atoms. The maximum absolute atomic E-state index is 5.72. The molecular formula is C14H22N4O. The predicted octanol–water partition coefficient (Wildman–Crippen LogP) is 1.68. The molecule has 0 aromatic carbocycles. The maximum atomic E-state index is 5.72. The van der Waals surface area contributed by atoms with E-state index in [1.54, 1.807) is 6.20 Å². The van der Waals surface area contributed by atoms with Crippen molar-refractivity contribution in [1.29, 1.82) is 0 Å². The van der Waals surface area contributed by atoms with E-state index >= 15 is 0 Å². The average Bonchev–Trinajstić information content (AvgIpc) is 3.26. The molecule has 0 atom stereocenters. The Bertz CT molecular complexity index is 412. The second-order valence-electron chi connectivity index (χ2n) is 4.89. The molecule has 1 aromatic heterocycles. The van der Waals surface area contributed by atoms with Crippen molar-refractivity contribution in [1.82, 2.24) is 10.3 Å². The molecule has 1 fully saturated rings. The smallest absolute Gasteiger partial charge is 0.213 e. The summed E-state index contributed by atoms with van der Waals surface area (Å²) in [4.78, 5) is 8.51. The lowest BCUT2D eigenvalue weighted by Crippen LogP contribution is -2.32. The van der Waals surface area contributed by atoms with Gasteiger partial charge in [-0.15, -0.1) is 0 Å². The van der Waals surface area contributed by atoms with Gasteiger partial charge in [0.2, 0.25) is 5.88 Å². The molecular weight excluding hydrogens is 240 g/mol. The van der Waals surface area contributed by atoms with Crippen molar-refractivity contribution in [2.75, 3.05) is 13.2 Å². The van der Waals surface area contributed by atoms with E-state index in [4.69, 9.17) is 10.5 Å². The highest BCUT2D eigenvalue weighted by molar-refractivity contribution is 5.77. The van der Waals surface area contributed by atoms with Gasteiger partial charge in [0.1, 0.15) is 0 Å². The number of hydrogen-bond donors (Lipinski definition) is 2. The number of rotatable bonds is 7. The van der Waals surface area contributed by atoms with Crippen LogP contribution in [0.3, 0.4) is 0 Å². The van der Waals surface area contributed by atoms with Crippen molar-refractivity contribution < 1.29 is 4.74 Å². The molecule has 1 heterocycles. The summed E-state index contributed by atoms with van der Waals surface area (Å²) < 4.78 is 5.58.